The molecule has 0 bridgehead atoms. The Morgan fingerprint density at radius 2 is 2.22 bits per heavy atom. The van der Waals surface area contributed by atoms with Crippen LogP contribution >= 0.6 is 34.7 Å². The normalized spacial score (nSPS) is 10.6. The van der Waals surface area contributed by atoms with E-state index in [4.69, 9.17) is 22.1 Å². The molecule has 0 unspecified atom stereocenters. The molecule has 6 heteroatoms. The Bertz CT molecular complexity index is 531. The fourth-order valence-electron chi connectivity index (χ4n) is 1.38. The van der Waals surface area contributed by atoms with Gasteiger partial charge in [-0.05, 0) is 19.1 Å². The summed E-state index contributed by atoms with van der Waals surface area (Å²) in [5, 5.41) is 1.25. The number of para-hydroxylation sites is 1. The first kappa shape index (κ1) is 13.5. The van der Waals surface area contributed by atoms with Gasteiger partial charge in [-0.15, -0.1) is 11.8 Å². The van der Waals surface area contributed by atoms with E-state index < -0.39 is 0 Å². The van der Waals surface area contributed by atoms with Crippen LogP contribution in [0.25, 0.3) is 0 Å². The zero-order chi connectivity index (χ0) is 13.0. The molecule has 0 fully saturated rings. The minimum absolute atomic E-state index is 0.603. The van der Waals surface area contributed by atoms with Crippen molar-refractivity contribution in [3.63, 3.8) is 0 Å². The summed E-state index contributed by atoms with van der Waals surface area (Å²) < 4.78 is 6.75. The molecule has 1 aromatic carbocycles. The van der Waals surface area contributed by atoms with Crippen LogP contribution in [0.1, 0.15) is 5.69 Å². The predicted molar refractivity (Wildman–Crippen MR) is 78.9 cm³/mol. The van der Waals surface area contributed by atoms with Crippen LogP contribution in [0.15, 0.2) is 28.5 Å². The molecule has 0 saturated carbocycles. The molecular weight excluding hydrogens is 288 g/mol. The Morgan fingerprint density at radius 3 is 2.89 bits per heavy atom. The van der Waals surface area contributed by atoms with Crippen LogP contribution in [0.5, 0.6) is 5.75 Å². The average Bonchev–Trinajstić information content (AvgIpc) is 2.65. The van der Waals surface area contributed by atoms with Gasteiger partial charge in [0.05, 0.1) is 21.5 Å². The van der Waals surface area contributed by atoms with Gasteiger partial charge in [0.1, 0.15) is 5.75 Å². The molecule has 0 aliphatic rings. The van der Waals surface area contributed by atoms with Crippen molar-refractivity contribution in [2.45, 2.75) is 11.1 Å². The number of aromatic nitrogens is 1. The van der Waals surface area contributed by atoms with E-state index in [1.54, 1.807) is 11.8 Å². The Hall–Kier alpha value is -0.910. The third-order valence-corrected chi connectivity index (χ3v) is 4.81. The second-order valence-corrected chi connectivity index (χ2v) is 6.35. The Morgan fingerprint density at radius 1 is 1.44 bits per heavy atom. The number of aryl methyl sites for hydroxylation is 1. The van der Waals surface area contributed by atoms with Crippen molar-refractivity contribution >= 4 is 39.8 Å². The summed E-state index contributed by atoms with van der Waals surface area (Å²) in [6.07, 6.45) is 0. The highest BCUT2D eigenvalue weighted by Crippen LogP contribution is 2.30. The van der Waals surface area contributed by atoms with E-state index in [9.17, 15) is 0 Å². The van der Waals surface area contributed by atoms with E-state index in [1.165, 1.54) is 11.3 Å². The number of nitrogen functional groups attached to an aromatic ring is 1. The standard InChI is InChI=1S/C12H13ClN2OS2/c1-8-11(18-12(14)15-8)17-7-6-16-10-5-3-2-4-9(10)13/h2-5H,6-7H2,1H3,(H2,14,15). The maximum atomic E-state index is 5.99. The average molecular weight is 301 g/mol. The lowest BCUT2D eigenvalue weighted by Gasteiger charge is -2.06. The van der Waals surface area contributed by atoms with E-state index in [0.717, 1.165) is 21.4 Å². The maximum absolute atomic E-state index is 5.99. The number of hydrogen-bond acceptors (Lipinski definition) is 5. The third kappa shape index (κ3) is 3.54. The molecule has 3 nitrogen and oxygen atoms in total. The van der Waals surface area contributed by atoms with E-state index in [0.29, 0.717) is 16.8 Å². The fraction of sp³-hybridized carbons (Fsp3) is 0.250. The first-order valence-corrected chi connectivity index (χ1v) is 7.58. The number of hydrogen-bond donors (Lipinski definition) is 1. The van der Waals surface area contributed by atoms with Gasteiger partial charge in [-0.25, -0.2) is 4.98 Å². The van der Waals surface area contributed by atoms with Gasteiger partial charge in [0.2, 0.25) is 0 Å². The lowest BCUT2D eigenvalue weighted by Crippen LogP contribution is -2.00. The van der Waals surface area contributed by atoms with Crippen LogP contribution in [0.2, 0.25) is 5.02 Å². The van der Waals surface area contributed by atoms with Gasteiger partial charge in [0, 0.05) is 5.75 Å². The van der Waals surface area contributed by atoms with Gasteiger partial charge in [0.15, 0.2) is 5.13 Å². The quantitative estimate of drug-likeness (QED) is 0.673. The highest BCUT2D eigenvalue weighted by Gasteiger charge is 2.06. The zero-order valence-electron chi connectivity index (χ0n) is 9.85. The highest BCUT2D eigenvalue weighted by atomic mass is 35.5. The summed E-state index contributed by atoms with van der Waals surface area (Å²) in [6, 6.07) is 7.47. The van der Waals surface area contributed by atoms with E-state index in [1.807, 2.05) is 31.2 Å². The van der Waals surface area contributed by atoms with Gasteiger partial charge in [0.25, 0.3) is 0 Å². The first-order valence-electron chi connectivity index (χ1n) is 5.40. The molecule has 2 N–H and O–H groups in total. The van der Waals surface area contributed by atoms with Crippen LogP contribution in [-0.4, -0.2) is 17.3 Å². The third-order valence-electron chi connectivity index (χ3n) is 2.18. The lowest BCUT2D eigenvalue weighted by molar-refractivity contribution is 0.344. The van der Waals surface area contributed by atoms with Crippen LogP contribution in [0, 0.1) is 6.92 Å². The molecular formula is C12H13ClN2OS2. The molecule has 0 aliphatic heterocycles. The summed E-state index contributed by atoms with van der Waals surface area (Å²) >= 11 is 9.21. The van der Waals surface area contributed by atoms with Crippen molar-refractivity contribution in [2.24, 2.45) is 0 Å². The number of thiazole rings is 1. The summed E-state index contributed by atoms with van der Waals surface area (Å²) in [6.45, 7) is 2.57. The molecule has 1 aromatic heterocycles. The number of anilines is 1. The molecule has 0 saturated heterocycles. The van der Waals surface area contributed by atoms with Gasteiger partial charge in [-0.3, -0.25) is 0 Å². The monoisotopic (exact) mass is 300 g/mol. The minimum Gasteiger partial charge on any atom is -0.491 e. The molecule has 2 rings (SSSR count). The number of rotatable bonds is 5. The Labute approximate surface area is 119 Å². The van der Waals surface area contributed by atoms with Crippen LogP contribution in [0.4, 0.5) is 5.13 Å². The number of benzene rings is 1. The number of nitrogens with two attached hydrogens (primary N) is 1. The Kier molecular flexibility index (Phi) is 4.74. The molecule has 0 aliphatic carbocycles. The molecule has 96 valence electrons. The summed E-state index contributed by atoms with van der Waals surface area (Å²) in [4.78, 5) is 4.18. The number of nitrogens with zero attached hydrogens (tertiary/aromatic N) is 1. The SMILES string of the molecule is Cc1nc(N)sc1SCCOc1ccccc1Cl. The van der Waals surface area contributed by atoms with Gasteiger partial charge < -0.3 is 10.5 Å². The number of ether oxygens (including phenoxy) is 1. The maximum Gasteiger partial charge on any atom is 0.181 e. The van der Waals surface area contributed by atoms with Gasteiger partial charge in [-0.1, -0.05) is 35.1 Å². The zero-order valence-corrected chi connectivity index (χ0v) is 12.2. The minimum atomic E-state index is 0.603. The predicted octanol–water partition coefficient (Wildman–Crippen LogP) is 3.86. The Balaban J connectivity index is 1.80. The second kappa shape index (κ2) is 6.31. The fourth-order valence-corrected chi connectivity index (χ4v) is 3.49. The largest absolute Gasteiger partial charge is 0.491 e. The topological polar surface area (TPSA) is 48.1 Å². The van der Waals surface area contributed by atoms with Crippen molar-refractivity contribution in [1.82, 2.24) is 4.98 Å². The molecule has 0 radical (unpaired) electrons. The molecule has 0 amide bonds. The van der Waals surface area contributed by atoms with Crippen LogP contribution in [0.3, 0.4) is 0 Å². The summed E-state index contributed by atoms with van der Waals surface area (Å²) in [5.74, 6) is 1.56. The molecule has 2 aromatic rings. The number of halogens is 1. The van der Waals surface area contributed by atoms with Crippen molar-refractivity contribution in [3.05, 3.63) is 35.0 Å². The molecule has 18 heavy (non-hydrogen) atoms. The molecule has 0 spiro atoms. The van der Waals surface area contributed by atoms with Gasteiger partial charge >= 0.3 is 0 Å². The van der Waals surface area contributed by atoms with E-state index in [2.05, 4.69) is 4.98 Å². The van der Waals surface area contributed by atoms with Crippen molar-refractivity contribution in [3.8, 4) is 5.75 Å². The van der Waals surface area contributed by atoms with Crippen molar-refractivity contribution < 1.29 is 4.74 Å². The smallest absolute Gasteiger partial charge is 0.181 e. The van der Waals surface area contributed by atoms with E-state index in [-0.39, 0.29) is 0 Å². The molecule has 0 atom stereocenters. The molecule has 1 heterocycles. The van der Waals surface area contributed by atoms with Crippen LogP contribution < -0.4 is 10.5 Å². The lowest BCUT2D eigenvalue weighted by atomic mass is 10.3. The van der Waals surface area contributed by atoms with E-state index >= 15 is 0 Å². The van der Waals surface area contributed by atoms with Crippen molar-refractivity contribution in [1.29, 1.82) is 0 Å². The summed E-state index contributed by atoms with van der Waals surface area (Å²) in [7, 11) is 0. The van der Waals surface area contributed by atoms with Crippen molar-refractivity contribution in [2.75, 3.05) is 18.1 Å². The van der Waals surface area contributed by atoms with Crippen LogP contribution in [-0.2, 0) is 0 Å². The first-order chi connectivity index (χ1) is 8.66. The summed E-state index contributed by atoms with van der Waals surface area (Å²) in [5.41, 5.74) is 6.63. The van der Waals surface area contributed by atoms with Gasteiger partial charge in [-0.2, -0.15) is 0 Å². The number of thioether (sulfide) groups is 1. The second-order valence-electron chi connectivity index (χ2n) is 3.55. The highest BCUT2D eigenvalue weighted by molar-refractivity contribution is 8.01.